The zero-order valence-electron chi connectivity index (χ0n) is 12.8. The summed E-state index contributed by atoms with van der Waals surface area (Å²) in [6.45, 7) is 4.07. The van der Waals surface area contributed by atoms with Gasteiger partial charge in [0, 0.05) is 50.6 Å². The van der Waals surface area contributed by atoms with E-state index < -0.39 is 0 Å². The number of aromatic nitrogens is 3. The Morgan fingerprint density at radius 1 is 1.09 bits per heavy atom. The fraction of sp³-hybridized carbons (Fsp3) is 0.294. The Hall–Kier alpha value is -2.60. The molecular formula is C17H19N5O. The molecule has 0 bridgehead atoms. The van der Waals surface area contributed by atoms with Crippen molar-refractivity contribution >= 4 is 11.3 Å². The zero-order chi connectivity index (χ0) is 15.6. The van der Waals surface area contributed by atoms with E-state index >= 15 is 0 Å². The number of nitrogens with zero attached hydrogens (tertiary/aromatic N) is 4. The average molecular weight is 309 g/mol. The first-order chi connectivity index (χ1) is 11.3. The van der Waals surface area contributed by atoms with Crippen molar-refractivity contribution in [2.24, 2.45) is 0 Å². The second-order valence-corrected chi connectivity index (χ2v) is 5.80. The molecular weight excluding hydrogens is 290 g/mol. The molecule has 0 saturated carbocycles. The summed E-state index contributed by atoms with van der Waals surface area (Å²) in [5.74, 6) is 1.06. The minimum Gasteiger partial charge on any atom is -0.508 e. The number of benzene rings is 1. The summed E-state index contributed by atoms with van der Waals surface area (Å²) in [6.07, 6.45) is 2.63. The molecule has 1 aliphatic heterocycles. The van der Waals surface area contributed by atoms with Crippen LogP contribution >= 0.6 is 0 Å². The van der Waals surface area contributed by atoms with Gasteiger partial charge < -0.3 is 15.3 Å². The maximum atomic E-state index is 9.35. The van der Waals surface area contributed by atoms with E-state index in [1.54, 1.807) is 12.1 Å². The third-order valence-corrected chi connectivity index (χ3v) is 4.15. The first kappa shape index (κ1) is 14.0. The Morgan fingerprint density at radius 2 is 1.87 bits per heavy atom. The van der Waals surface area contributed by atoms with Gasteiger partial charge in [0.25, 0.3) is 0 Å². The molecule has 3 heterocycles. The number of aromatic hydroxyl groups is 1. The Balaban J connectivity index is 1.58. The number of phenols is 1. The third-order valence-electron chi connectivity index (χ3n) is 4.15. The van der Waals surface area contributed by atoms with E-state index in [-0.39, 0.29) is 5.75 Å². The van der Waals surface area contributed by atoms with Crippen molar-refractivity contribution in [2.75, 3.05) is 31.1 Å². The summed E-state index contributed by atoms with van der Waals surface area (Å²) < 4.78 is 1.82. The second kappa shape index (κ2) is 5.89. The van der Waals surface area contributed by atoms with Gasteiger partial charge in [-0.05, 0) is 23.8 Å². The number of phenolic OH excluding ortho intramolecular Hbond substituents is 1. The zero-order valence-corrected chi connectivity index (χ0v) is 12.8. The van der Waals surface area contributed by atoms with Crippen molar-refractivity contribution in [1.82, 2.24) is 19.9 Å². The predicted molar refractivity (Wildman–Crippen MR) is 89.0 cm³/mol. The molecule has 118 valence electrons. The molecule has 1 fully saturated rings. The molecule has 6 heteroatoms. The highest BCUT2D eigenvalue weighted by Crippen LogP contribution is 2.18. The Morgan fingerprint density at radius 3 is 2.65 bits per heavy atom. The Bertz CT molecular complexity index is 805. The lowest BCUT2D eigenvalue weighted by atomic mass is 10.1. The van der Waals surface area contributed by atoms with Crippen molar-refractivity contribution in [1.29, 1.82) is 0 Å². The average Bonchev–Trinajstić information content (AvgIpc) is 2.99. The number of nitrogens with one attached hydrogen (secondary N) is 1. The number of rotatable bonds is 3. The van der Waals surface area contributed by atoms with Crippen LogP contribution in [0.3, 0.4) is 0 Å². The van der Waals surface area contributed by atoms with Crippen LogP contribution in [-0.4, -0.2) is 45.9 Å². The predicted octanol–water partition coefficient (Wildman–Crippen LogP) is 1.44. The molecule has 0 aliphatic carbocycles. The molecule has 4 rings (SSSR count). The molecule has 0 amide bonds. The maximum Gasteiger partial charge on any atom is 0.157 e. The van der Waals surface area contributed by atoms with Crippen LogP contribution in [0.2, 0.25) is 0 Å². The van der Waals surface area contributed by atoms with Crippen molar-refractivity contribution in [3.05, 3.63) is 54.0 Å². The lowest BCUT2D eigenvalue weighted by Crippen LogP contribution is -2.43. The van der Waals surface area contributed by atoms with E-state index in [9.17, 15) is 5.11 Å². The highest BCUT2D eigenvalue weighted by molar-refractivity contribution is 5.56. The van der Waals surface area contributed by atoms with Crippen molar-refractivity contribution in [3.8, 4) is 5.75 Å². The molecule has 0 spiro atoms. The molecule has 0 radical (unpaired) electrons. The van der Waals surface area contributed by atoms with Crippen LogP contribution in [0.15, 0.2) is 42.6 Å². The van der Waals surface area contributed by atoms with E-state index in [0.717, 1.165) is 43.2 Å². The van der Waals surface area contributed by atoms with Gasteiger partial charge in [-0.25, -0.2) is 9.50 Å². The lowest BCUT2D eigenvalue weighted by Gasteiger charge is -2.29. The van der Waals surface area contributed by atoms with Crippen LogP contribution < -0.4 is 10.2 Å². The second-order valence-electron chi connectivity index (χ2n) is 5.80. The minimum atomic E-state index is 0.275. The molecule has 3 aromatic rings. The Labute approximate surface area is 134 Å². The molecule has 6 nitrogen and oxygen atoms in total. The maximum absolute atomic E-state index is 9.35. The van der Waals surface area contributed by atoms with Gasteiger partial charge in [-0.15, -0.1) is 0 Å². The summed E-state index contributed by atoms with van der Waals surface area (Å²) in [6, 6.07) is 11.4. The monoisotopic (exact) mass is 309 g/mol. The standard InChI is InChI=1S/C17H19N5O/c23-15-3-1-13(2-4-15)11-16-19-17-12-14(5-8-22(17)20-16)21-9-6-18-7-10-21/h1-5,8,12,18,23H,6-7,9-11H2. The first-order valence-corrected chi connectivity index (χ1v) is 7.87. The summed E-state index contributed by atoms with van der Waals surface area (Å²) >= 11 is 0. The summed E-state index contributed by atoms with van der Waals surface area (Å²) in [5.41, 5.74) is 3.15. The van der Waals surface area contributed by atoms with Crippen LogP contribution in [0, 0.1) is 0 Å². The van der Waals surface area contributed by atoms with Crippen LogP contribution in [-0.2, 0) is 6.42 Å². The van der Waals surface area contributed by atoms with Gasteiger partial charge in [0.15, 0.2) is 11.5 Å². The summed E-state index contributed by atoms with van der Waals surface area (Å²) in [7, 11) is 0. The van der Waals surface area contributed by atoms with Gasteiger partial charge in [-0.1, -0.05) is 12.1 Å². The normalized spacial score (nSPS) is 15.2. The topological polar surface area (TPSA) is 65.7 Å². The highest BCUT2D eigenvalue weighted by atomic mass is 16.3. The van der Waals surface area contributed by atoms with Gasteiger partial charge >= 0.3 is 0 Å². The molecule has 23 heavy (non-hydrogen) atoms. The number of hydrogen-bond donors (Lipinski definition) is 2. The SMILES string of the molecule is Oc1ccc(Cc2nc3cc(N4CCNCC4)ccn3n2)cc1. The van der Waals surface area contributed by atoms with Crippen LogP contribution in [0.5, 0.6) is 5.75 Å². The van der Waals surface area contributed by atoms with Crippen molar-refractivity contribution in [2.45, 2.75) is 6.42 Å². The van der Waals surface area contributed by atoms with Crippen molar-refractivity contribution in [3.63, 3.8) is 0 Å². The molecule has 2 N–H and O–H groups in total. The van der Waals surface area contributed by atoms with E-state index in [2.05, 4.69) is 32.4 Å². The van der Waals surface area contributed by atoms with E-state index in [4.69, 9.17) is 0 Å². The van der Waals surface area contributed by atoms with Crippen LogP contribution in [0.4, 0.5) is 5.69 Å². The summed E-state index contributed by atoms with van der Waals surface area (Å²) in [5, 5.41) is 17.2. The van der Waals surface area contributed by atoms with E-state index in [1.165, 1.54) is 5.69 Å². The van der Waals surface area contributed by atoms with Gasteiger partial charge in [0.2, 0.25) is 0 Å². The minimum absolute atomic E-state index is 0.275. The van der Waals surface area contributed by atoms with Gasteiger partial charge in [0.1, 0.15) is 5.75 Å². The number of piperazine rings is 1. The first-order valence-electron chi connectivity index (χ1n) is 7.87. The largest absolute Gasteiger partial charge is 0.508 e. The quantitative estimate of drug-likeness (QED) is 0.766. The molecule has 0 atom stereocenters. The number of hydrogen-bond acceptors (Lipinski definition) is 5. The van der Waals surface area contributed by atoms with Gasteiger partial charge in [-0.3, -0.25) is 0 Å². The molecule has 1 aromatic carbocycles. The van der Waals surface area contributed by atoms with Crippen LogP contribution in [0.25, 0.3) is 5.65 Å². The van der Waals surface area contributed by atoms with E-state index in [0.29, 0.717) is 6.42 Å². The highest BCUT2D eigenvalue weighted by Gasteiger charge is 2.12. The van der Waals surface area contributed by atoms with Gasteiger partial charge in [0.05, 0.1) is 0 Å². The lowest BCUT2D eigenvalue weighted by molar-refractivity contribution is 0.475. The number of pyridine rings is 1. The molecule has 1 saturated heterocycles. The van der Waals surface area contributed by atoms with Crippen LogP contribution in [0.1, 0.15) is 11.4 Å². The molecule has 2 aromatic heterocycles. The number of anilines is 1. The third kappa shape index (κ3) is 2.98. The summed E-state index contributed by atoms with van der Waals surface area (Å²) in [4.78, 5) is 7.00. The number of fused-ring (bicyclic) bond motifs is 1. The fourth-order valence-corrected chi connectivity index (χ4v) is 2.91. The van der Waals surface area contributed by atoms with Crippen molar-refractivity contribution < 1.29 is 5.11 Å². The molecule has 1 aliphatic rings. The Kier molecular flexibility index (Phi) is 3.59. The fourth-order valence-electron chi connectivity index (χ4n) is 2.91. The smallest absolute Gasteiger partial charge is 0.157 e. The van der Waals surface area contributed by atoms with Gasteiger partial charge in [-0.2, -0.15) is 5.10 Å². The molecule has 0 unspecified atom stereocenters. The van der Waals surface area contributed by atoms with E-state index in [1.807, 2.05) is 22.8 Å².